The third-order valence-corrected chi connectivity index (χ3v) is 10.9. The molecule has 0 amide bonds. The zero-order chi connectivity index (χ0) is 41.9. The molecule has 2 fully saturated rings. The first-order valence-corrected chi connectivity index (χ1v) is 20.1. The fourth-order valence-electron chi connectivity index (χ4n) is 6.73. The summed E-state index contributed by atoms with van der Waals surface area (Å²) >= 11 is 7.09. The Balaban J connectivity index is 1.28. The Kier molecular flexibility index (Phi) is 16.0. The van der Waals surface area contributed by atoms with Crippen molar-refractivity contribution < 1.29 is 62.2 Å². The molecule has 312 valence electrons. The molecule has 2 N–H and O–H groups in total. The smallest absolute Gasteiger partial charge is 0.303 e. The van der Waals surface area contributed by atoms with Gasteiger partial charge in [-0.25, -0.2) is 0 Å². The minimum Gasteiger partial charge on any atom is -0.618 e. The summed E-state index contributed by atoms with van der Waals surface area (Å²) in [6.07, 6.45) is -5.68. The minimum atomic E-state index is -1.29. The van der Waals surface area contributed by atoms with E-state index < -0.39 is 60.7 Å². The summed E-state index contributed by atoms with van der Waals surface area (Å²) in [5.74, 6) is -2.30. The summed E-state index contributed by atoms with van der Waals surface area (Å²) in [5.41, 5.74) is 3.38. The van der Waals surface area contributed by atoms with Crippen LogP contribution in [0, 0.1) is 11.1 Å². The van der Waals surface area contributed by atoms with Gasteiger partial charge in [0.25, 0.3) is 5.03 Å². The number of thioether (sulfide) groups is 1. The van der Waals surface area contributed by atoms with E-state index in [1.165, 1.54) is 31.8 Å². The van der Waals surface area contributed by atoms with Crippen molar-refractivity contribution in [2.24, 2.45) is 5.92 Å². The SMILES string of the molecule is CC(=O)OCC1OC(CC(=S)NCc2ccc(C3OC(CSc4cccc[n+]4[O-])C(C)C(c4ccc(CO)cc4)O3)cc2)C(OC(C)=O)C(OC(C)=O)C1OC(C)=O. The summed E-state index contributed by atoms with van der Waals surface area (Å²) in [4.78, 5) is 48.5. The van der Waals surface area contributed by atoms with Gasteiger partial charge in [0.05, 0.1) is 23.8 Å². The Hall–Kier alpha value is -4.65. The molecular formula is C41H48N2O13S2. The number of carbonyl (C=O) groups excluding carboxylic acids is 4. The van der Waals surface area contributed by atoms with Crippen molar-refractivity contribution in [1.82, 2.24) is 5.32 Å². The Morgan fingerprint density at radius 2 is 1.38 bits per heavy atom. The molecule has 9 unspecified atom stereocenters. The van der Waals surface area contributed by atoms with Gasteiger partial charge >= 0.3 is 23.9 Å². The molecular weight excluding hydrogens is 793 g/mol. The molecule has 2 saturated heterocycles. The van der Waals surface area contributed by atoms with Gasteiger partial charge in [-0.3, -0.25) is 19.2 Å². The highest BCUT2D eigenvalue weighted by Crippen LogP contribution is 2.43. The average molecular weight is 841 g/mol. The molecule has 0 spiro atoms. The normalized spacial score (nSPS) is 25.5. The number of esters is 4. The topological polar surface area (TPSA) is 192 Å². The monoisotopic (exact) mass is 840 g/mol. The third-order valence-electron chi connectivity index (χ3n) is 9.52. The predicted octanol–water partition coefficient (Wildman–Crippen LogP) is 4.33. The molecule has 0 radical (unpaired) electrons. The van der Waals surface area contributed by atoms with Gasteiger partial charge < -0.3 is 48.8 Å². The Bertz CT molecular complexity index is 1900. The van der Waals surface area contributed by atoms with E-state index in [2.05, 4.69) is 12.2 Å². The first-order valence-electron chi connectivity index (χ1n) is 18.7. The van der Waals surface area contributed by atoms with Crippen molar-refractivity contribution >= 4 is 52.8 Å². The summed E-state index contributed by atoms with van der Waals surface area (Å²) in [6.45, 7) is 6.66. The number of aliphatic hydroxyl groups is 1. The van der Waals surface area contributed by atoms with E-state index in [0.29, 0.717) is 22.3 Å². The lowest BCUT2D eigenvalue weighted by atomic mass is 9.91. The second kappa shape index (κ2) is 20.9. The maximum Gasteiger partial charge on any atom is 0.303 e. The highest BCUT2D eigenvalue weighted by molar-refractivity contribution is 7.99. The molecule has 0 bridgehead atoms. The highest BCUT2D eigenvalue weighted by atomic mass is 32.2. The van der Waals surface area contributed by atoms with E-state index in [1.807, 2.05) is 54.6 Å². The van der Waals surface area contributed by atoms with E-state index in [4.69, 9.17) is 45.4 Å². The number of ether oxygens (including phenoxy) is 7. The van der Waals surface area contributed by atoms with Crippen LogP contribution in [0.1, 0.15) is 75.7 Å². The molecule has 17 heteroatoms. The van der Waals surface area contributed by atoms with Crippen LogP contribution >= 0.6 is 24.0 Å². The number of hydrogen-bond acceptors (Lipinski definition) is 15. The predicted molar refractivity (Wildman–Crippen MR) is 212 cm³/mol. The lowest BCUT2D eigenvalue weighted by Crippen LogP contribution is -2.62. The molecule has 9 atom stereocenters. The minimum absolute atomic E-state index is 0.00380. The average Bonchev–Trinajstić information content (AvgIpc) is 3.18. The zero-order valence-corrected chi connectivity index (χ0v) is 34.4. The van der Waals surface area contributed by atoms with Gasteiger partial charge in [0.15, 0.2) is 30.8 Å². The van der Waals surface area contributed by atoms with Crippen LogP contribution in [-0.2, 0) is 65.5 Å². The van der Waals surface area contributed by atoms with E-state index in [1.54, 1.807) is 12.1 Å². The number of pyridine rings is 1. The van der Waals surface area contributed by atoms with Crippen molar-refractivity contribution in [3.05, 3.63) is 100 Å². The van der Waals surface area contributed by atoms with Gasteiger partial charge in [-0.1, -0.05) is 79.4 Å². The van der Waals surface area contributed by atoms with Crippen LogP contribution in [0.3, 0.4) is 0 Å². The number of hydrogen-bond donors (Lipinski definition) is 2. The van der Waals surface area contributed by atoms with Crippen molar-refractivity contribution in [3.63, 3.8) is 0 Å². The lowest BCUT2D eigenvalue weighted by Gasteiger charge is -2.44. The van der Waals surface area contributed by atoms with Gasteiger partial charge in [-0.05, 0) is 22.8 Å². The van der Waals surface area contributed by atoms with Crippen molar-refractivity contribution in [3.8, 4) is 0 Å². The van der Waals surface area contributed by atoms with Gasteiger partial charge in [-0.2, -0.15) is 4.73 Å². The number of benzene rings is 2. The quantitative estimate of drug-likeness (QED) is 0.0549. The number of carbonyl (C=O) groups is 4. The van der Waals surface area contributed by atoms with E-state index in [0.717, 1.165) is 40.8 Å². The Morgan fingerprint density at radius 3 is 1.98 bits per heavy atom. The van der Waals surface area contributed by atoms with Crippen LogP contribution in [0.4, 0.5) is 0 Å². The summed E-state index contributed by atoms with van der Waals surface area (Å²) < 4.78 is 41.8. The fraction of sp³-hybridized carbons (Fsp3) is 0.463. The van der Waals surface area contributed by atoms with Crippen LogP contribution in [0.15, 0.2) is 78.0 Å². The molecule has 1 aromatic heterocycles. The lowest BCUT2D eigenvalue weighted by molar-refractivity contribution is -0.645. The molecule has 0 aliphatic carbocycles. The van der Waals surface area contributed by atoms with E-state index in [-0.39, 0.29) is 37.8 Å². The number of thiocarbonyl (C=S) groups is 1. The van der Waals surface area contributed by atoms with Gasteiger partial charge in [0, 0.05) is 70.0 Å². The number of aromatic nitrogens is 1. The molecule has 2 aromatic carbocycles. The van der Waals surface area contributed by atoms with E-state index >= 15 is 0 Å². The van der Waals surface area contributed by atoms with Crippen LogP contribution in [0.2, 0.25) is 0 Å². The third kappa shape index (κ3) is 12.2. The van der Waals surface area contributed by atoms with E-state index in [9.17, 15) is 29.5 Å². The van der Waals surface area contributed by atoms with Crippen molar-refractivity contribution in [2.75, 3.05) is 12.4 Å². The number of nitrogens with zero attached hydrogens (tertiary/aromatic N) is 1. The summed E-state index contributed by atoms with van der Waals surface area (Å²) in [6, 6.07) is 20.5. The summed E-state index contributed by atoms with van der Waals surface area (Å²) in [5, 5.41) is 25.7. The molecule has 0 saturated carbocycles. The van der Waals surface area contributed by atoms with Gasteiger partial charge in [0.2, 0.25) is 0 Å². The number of aliphatic hydroxyl groups excluding tert-OH is 1. The zero-order valence-electron chi connectivity index (χ0n) is 32.8. The second-order valence-corrected chi connectivity index (χ2v) is 15.5. The maximum atomic E-state index is 12.4. The number of rotatable bonds is 15. The maximum absolute atomic E-state index is 12.4. The molecule has 3 aromatic rings. The first kappa shape index (κ1) is 44.5. The van der Waals surface area contributed by atoms with Crippen LogP contribution < -0.4 is 10.0 Å². The number of nitrogens with one attached hydrogen (secondary N) is 1. The highest BCUT2D eigenvalue weighted by Gasteiger charge is 2.52. The molecule has 15 nitrogen and oxygen atoms in total. The van der Waals surface area contributed by atoms with Gasteiger partial charge in [0.1, 0.15) is 18.8 Å². The standard InChI is InChI=1S/C41H48N2O13S2/c1-23-34(22-58-36-8-6-7-17-43(36)49)55-41(56-37(23)30-13-11-29(20-44)12-14-30)31-15-9-28(10-16-31)19-42-35(57)18-32-38(51-25(3)46)40(53-27(5)48)39(52-26(4)47)33(54-32)21-50-24(2)45/h6-17,23,32-34,37-41,44H,18-22H2,1-5H3,(H,42,57). The van der Waals surface area contributed by atoms with Crippen LogP contribution in [0.25, 0.3) is 0 Å². The van der Waals surface area contributed by atoms with Crippen LogP contribution in [0.5, 0.6) is 0 Å². The molecule has 2 aliphatic heterocycles. The summed E-state index contributed by atoms with van der Waals surface area (Å²) in [7, 11) is 0. The van der Waals surface area contributed by atoms with Crippen LogP contribution in [-0.4, -0.2) is 83.0 Å². The second-order valence-electron chi connectivity index (χ2n) is 14.0. The van der Waals surface area contributed by atoms with Crippen molar-refractivity contribution in [2.45, 2.75) is 108 Å². The fourth-order valence-corrected chi connectivity index (χ4v) is 8.05. The Labute approximate surface area is 346 Å². The Morgan fingerprint density at radius 1 is 0.776 bits per heavy atom. The van der Waals surface area contributed by atoms with Crippen molar-refractivity contribution in [1.29, 1.82) is 0 Å². The molecule has 5 rings (SSSR count). The molecule has 2 aliphatic rings. The first-order chi connectivity index (χ1) is 27.7. The largest absolute Gasteiger partial charge is 0.618 e. The molecule has 58 heavy (non-hydrogen) atoms. The molecule has 3 heterocycles. The van der Waals surface area contributed by atoms with Gasteiger partial charge in [-0.15, -0.1) is 0 Å².